The standard InChI is InChI=1S/2C15H10N2O2/c2*18-14-12-7-3-4-8-13(12)19-15-11-6-2-1-5-10(11)9-16-17(14)15/h2*1-9,15H/t2*15-/m10/s1. The molecule has 8 nitrogen and oxygen atoms in total. The van der Waals surface area contributed by atoms with Crippen LogP contribution in [0.1, 0.15) is 55.4 Å². The predicted octanol–water partition coefficient (Wildman–Crippen LogP) is 5.14. The Bertz CT molecular complexity index is 1540. The minimum absolute atomic E-state index is 0.127. The SMILES string of the molecule is O=C1c2ccccc2O[C@@H]2c3ccccc3C=NN12.O=C1c2ccccc2O[C@H]2c3ccccc3C=NN12. The maximum absolute atomic E-state index is 12.4. The molecule has 0 bridgehead atoms. The first kappa shape index (κ1) is 22.0. The van der Waals surface area contributed by atoms with Gasteiger partial charge in [0.25, 0.3) is 11.8 Å². The number of para-hydroxylation sites is 2. The third-order valence-electron chi connectivity index (χ3n) is 6.74. The average molecular weight is 501 g/mol. The van der Waals surface area contributed by atoms with Gasteiger partial charge in [0.15, 0.2) is 0 Å². The van der Waals surface area contributed by atoms with E-state index in [2.05, 4.69) is 10.2 Å². The Morgan fingerprint density at radius 3 is 1.39 bits per heavy atom. The maximum Gasteiger partial charge on any atom is 0.281 e. The van der Waals surface area contributed by atoms with Crippen LogP contribution >= 0.6 is 0 Å². The van der Waals surface area contributed by atoms with E-state index in [9.17, 15) is 9.59 Å². The van der Waals surface area contributed by atoms with E-state index >= 15 is 0 Å². The predicted molar refractivity (Wildman–Crippen MR) is 140 cm³/mol. The van der Waals surface area contributed by atoms with Crippen LogP contribution in [0.4, 0.5) is 0 Å². The number of hydrogen-bond acceptors (Lipinski definition) is 6. The highest BCUT2D eigenvalue weighted by atomic mass is 16.5. The number of benzene rings is 4. The quantitative estimate of drug-likeness (QED) is 0.335. The van der Waals surface area contributed by atoms with Crippen molar-refractivity contribution in [3.8, 4) is 11.5 Å². The van der Waals surface area contributed by atoms with Crippen molar-refractivity contribution in [2.45, 2.75) is 12.5 Å². The third kappa shape index (κ3) is 3.46. The second-order valence-electron chi connectivity index (χ2n) is 8.98. The van der Waals surface area contributed by atoms with Gasteiger partial charge < -0.3 is 9.47 Å². The molecule has 4 aromatic carbocycles. The molecule has 0 saturated heterocycles. The lowest BCUT2D eigenvalue weighted by molar-refractivity contribution is 0.00770. The Kier molecular flexibility index (Phi) is 5.04. The summed E-state index contributed by atoms with van der Waals surface area (Å²) in [5.41, 5.74) is 4.98. The van der Waals surface area contributed by atoms with Gasteiger partial charge in [0.1, 0.15) is 11.5 Å². The number of nitrogens with zero attached hydrogens (tertiary/aromatic N) is 4. The van der Waals surface area contributed by atoms with Crippen molar-refractivity contribution >= 4 is 24.2 Å². The molecule has 8 rings (SSSR count). The van der Waals surface area contributed by atoms with E-state index in [0.29, 0.717) is 22.6 Å². The highest BCUT2D eigenvalue weighted by Gasteiger charge is 2.38. The summed E-state index contributed by atoms with van der Waals surface area (Å²) in [6.45, 7) is 0. The molecule has 0 saturated carbocycles. The number of ether oxygens (including phenoxy) is 2. The van der Waals surface area contributed by atoms with Gasteiger partial charge in [-0.05, 0) is 24.3 Å². The van der Waals surface area contributed by atoms with Gasteiger partial charge in [-0.3, -0.25) is 9.59 Å². The summed E-state index contributed by atoms with van der Waals surface area (Å²) in [6, 6.07) is 30.1. The summed E-state index contributed by atoms with van der Waals surface area (Å²) < 4.78 is 11.8. The molecule has 0 aromatic heterocycles. The van der Waals surface area contributed by atoms with Crippen LogP contribution in [0.15, 0.2) is 107 Å². The molecule has 8 heteroatoms. The Labute approximate surface area is 218 Å². The van der Waals surface area contributed by atoms with Crippen molar-refractivity contribution in [2.75, 3.05) is 0 Å². The number of carbonyl (C=O) groups is 2. The summed E-state index contributed by atoms with van der Waals surface area (Å²) in [7, 11) is 0. The lowest BCUT2D eigenvalue weighted by atomic mass is 10.0. The van der Waals surface area contributed by atoms with Crippen LogP contribution in [-0.2, 0) is 0 Å². The molecule has 4 heterocycles. The normalized spacial score (nSPS) is 19.3. The van der Waals surface area contributed by atoms with E-state index in [4.69, 9.17) is 9.47 Å². The molecular weight excluding hydrogens is 480 g/mol. The van der Waals surface area contributed by atoms with Gasteiger partial charge in [0.2, 0.25) is 12.5 Å². The Balaban J connectivity index is 0.000000127. The zero-order chi connectivity index (χ0) is 25.6. The molecule has 2 atom stereocenters. The van der Waals surface area contributed by atoms with E-state index in [-0.39, 0.29) is 11.8 Å². The minimum atomic E-state index is -0.469. The lowest BCUT2D eigenvalue weighted by Gasteiger charge is -2.35. The van der Waals surface area contributed by atoms with Crippen molar-refractivity contribution in [1.29, 1.82) is 0 Å². The molecule has 38 heavy (non-hydrogen) atoms. The van der Waals surface area contributed by atoms with Crippen LogP contribution in [0.5, 0.6) is 11.5 Å². The first-order valence-electron chi connectivity index (χ1n) is 12.1. The second kappa shape index (κ2) is 8.70. The zero-order valence-corrected chi connectivity index (χ0v) is 20.0. The summed E-state index contributed by atoms with van der Waals surface area (Å²) in [4.78, 5) is 24.8. The maximum atomic E-state index is 12.4. The zero-order valence-electron chi connectivity index (χ0n) is 20.0. The smallest absolute Gasteiger partial charge is 0.281 e. The number of hydrogen-bond donors (Lipinski definition) is 0. The van der Waals surface area contributed by atoms with Gasteiger partial charge in [-0.25, -0.2) is 0 Å². The molecule has 0 N–H and O–H groups in total. The van der Waals surface area contributed by atoms with Gasteiger partial charge in [-0.1, -0.05) is 72.8 Å². The fourth-order valence-corrected chi connectivity index (χ4v) is 4.86. The molecule has 0 aliphatic carbocycles. The Hall–Kier alpha value is -5.24. The van der Waals surface area contributed by atoms with Gasteiger partial charge in [-0.2, -0.15) is 20.2 Å². The van der Waals surface area contributed by atoms with Gasteiger partial charge >= 0.3 is 0 Å². The van der Waals surface area contributed by atoms with Crippen LogP contribution in [0.2, 0.25) is 0 Å². The number of amides is 2. The average Bonchev–Trinajstić information content (AvgIpc) is 2.98. The molecule has 184 valence electrons. The molecule has 4 aliphatic rings. The molecule has 4 aliphatic heterocycles. The molecule has 0 fully saturated rings. The molecule has 0 radical (unpaired) electrons. The minimum Gasteiger partial charge on any atom is -0.463 e. The summed E-state index contributed by atoms with van der Waals surface area (Å²) in [5.74, 6) is 0.969. The third-order valence-corrected chi connectivity index (χ3v) is 6.74. The highest BCUT2D eigenvalue weighted by molar-refractivity contribution is 6.00. The van der Waals surface area contributed by atoms with E-state index in [1.165, 1.54) is 10.0 Å². The number of hydrazone groups is 2. The van der Waals surface area contributed by atoms with Crippen LogP contribution in [0.25, 0.3) is 0 Å². The first-order chi connectivity index (χ1) is 18.7. The summed E-state index contributed by atoms with van der Waals surface area (Å²) in [6.07, 6.45) is 2.45. The van der Waals surface area contributed by atoms with Crippen LogP contribution in [0, 0.1) is 0 Å². The topological polar surface area (TPSA) is 83.8 Å². The van der Waals surface area contributed by atoms with E-state index in [1.54, 1.807) is 24.6 Å². The van der Waals surface area contributed by atoms with Crippen LogP contribution in [0.3, 0.4) is 0 Å². The Morgan fingerprint density at radius 1 is 0.526 bits per heavy atom. The fourth-order valence-electron chi connectivity index (χ4n) is 4.86. The van der Waals surface area contributed by atoms with Gasteiger partial charge in [0, 0.05) is 22.3 Å². The molecule has 0 spiro atoms. The van der Waals surface area contributed by atoms with Gasteiger partial charge in [-0.15, -0.1) is 0 Å². The second-order valence-corrected chi connectivity index (χ2v) is 8.98. The molecule has 4 aromatic rings. The van der Waals surface area contributed by atoms with Crippen molar-refractivity contribution in [3.63, 3.8) is 0 Å². The molecular formula is C30H20N4O4. The molecule has 2 amide bonds. The first-order valence-corrected chi connectivity index (χ1v) is 12.1. The number of fused-ring (bicyclic) bond motifs is 8. The van der Waals surface area contributed by atoms with E-state index in [1.807, 2.05) is 84.9 Å². The Morgan fingerprint density at radius 2 is 0.921 bits per heavy atom. The monoisotopic (exact) mass is 500 g/mol. The number of rotatable bonds is 0. The molecule has 0 unspecified atom stereocenters. The van der Waals surface area contributed by atoms with E-state index < -0.39 is 12.5 Å². The van der Waals surface area contributed by atoms with Crippen LogP contribution in [-0.4, -0.2) is 34.3 Å². The van der Waals surface area contributed by atoms with Crippen molar-refractivity contribution < 1.29 is 19.1 Å². The van der Waals surface area contributed by atoms with Crippen molar-refractivity contribution in [1.82, 2.24) is 10.0 Å². The fraction of sp³-hybridized carbons (Fsp3) is 0.0667. The van der Waals surface area contributed by atoms with E-state index in [0.717, 1.165) is 22.3 Å². The van der Waals surface area contributed by atoms with Crippen molar-refractivity contribution in [2.24, 2.45) is 10.2 Å². The summed E-state index contributed by atoms with van der Waals surface area (Å²) >= 11 is 0. The largest absolute Gasteiger partial charge is 0.463 e. The lowest BCUT2D eigenvalue weighted by Crippen LogP contribution is -2.40. The van der Waals surface area contributed by atoms with Crippen LogP contribution < -0.4 is 9.47 Å². The van der Waals surface area contributed by atoms with Gasteiger partial charge in [0.05, 0.1) is 23.6 Å². The highest BCUT2D eigenvalue weighted by Crippen LogP contribution is 2.39. The number of carbonyl (C=O) groups excluding carboxylic acids is 2. The van der Waals surface area contributed by atoms with Crippen molar-refractivity contribution in [3.05, 3.63) is 130 Å². The summed E-state index contributed by atoms with van der Waals surface area (Å²) in [5, 5.41) is 11.2.